The van der Waals surface area contributed by atoms with Crippen molar-refractivity contribution in [2.75, 3.05) is 0 Å². The van der Waals surface area contributed by atoms with Gasteiger partial charge in [-0.05, 0) is 18.1 Å². The molecule has 3 nitrogen and oxygen atoms in total. The first-order chi connectivity index (χ1) is 10.3. The van der Waals surface area contributed by atoms with Gasteiger partial charge in [-0.2, -0.15) is 23.5 Å². The zero-order valence-corrected chi connectivity index (χ0v) is 12.9. The van der Waals surface area contributed by atoms with Crippen LogP contribution in [0.2, 0.25) is 0 Å². The summed E-state index contributed by atoms with van der Waals surface area (Å²) in [6.07, 6.45) is -4.71. The number of benzene rings is 1. The molecule has 0 aliphatic carbocycles. The Morgan fingerprint density at radius 2 is 1.77 bits per heavy atom. The van der Waals surface area contributed by atoms with Crippen LogP contribution in [-0.4, -0.2) is 9.78 Å². The Balaban J connectivity index is 2.81. The second-order valence-electron chi connectivity index (χ2n) is 4.52. The molecule has 0 amide bonds. The number of alkyl halides is 5. The second-order valence-corrected chi connectivity index (χ2v) is 5.06. The molecule has 22 heavy (non-hydrogen) atoms. The highest BCUT2D eigenvalue weighted by Crippen LogP contribution is 2.34. The van der Waals surface area contributed by atoms with Crippen molar-refractivity contribution in [3.8, 4) is 11.8 Å². The number of rotatable bonds is 3. The SMILES string of the molecule is Cc1c(C#N)c(C(F)(F)F)nn1-c1c(CCl)cccc1CCl. The Bertz CT molecular complexity index is 723. The number of aromatic nitrogens is 2. The summed E-state index contributed by atoms with van der Waals surface area (Å²) in [6, 6.07) is 6.64. The van der Waals surface area contributed by atoms with Gasteiger partial charge in [0.25, 0.3) is 0 Å². The van der Waals surface area contributed by atoms with Crippen LogP contribution in [0.1, 0.15) is 28.1 Å². The molecule has 2 aromatic rings. The molecule has 116 valence electrons. The molecular formula is C14H10Cl2F3N3. The van der Waals surface area contributed by atoms with Crippen molar-refractivity contribution in [3.05, 3.63) is 46.3 Å². The van der Waals surface area contributed by atoms with Gasteiger partial charge in [-0.25, -0.2) is 4.68 Å². The molecule has 0 radical (unpaired) electrons. The first-order valence-corrected chi connectivity index (χ1v) is 7.22. The molecule has 0 saturated heterocycles. The molecule has 0 bridgehead atoms. The van der Waals surface area contributed by atoms with Crippen LogP contribution in [0.25, 0.3) is 5.69 Å². The van der Waals surface area contributed by atoms with Crippen LogP contribution in [0.15, 0.2) is 18.2 Å². The Kier molecular flexibility index (Phi) is 4.69. The van der Waals surface area contributed by atoms with Crippen LogP contribution in [-0.2, 0) is 17.9 Å². The monoisotopic (exact) mass is 347 g/mol. The summed E-state index contributed by atoms with van der Waals surface area (Å²) in [5.41, 5.74) is -0.0576. The lowest BCUT2D eigenvalue weighted by Crippen LogP contribution is -2.10. The Hall–Kier alpha value is -1.71. The van der Waals surface area contributed by atoms with Crippen molar-refractivity contribution >= 4 is 23.2 Å². The third-order valence-electron chi connectivity index (χ3n) is 3.20. The maximum atomic E-state index is 13.0. The van der Waals surface area contributed by atoms with Gasteiger partial charge in [0.1, 0.15) is 11.6 Å². The van der Waals surface area contributed by atoms with Gasteiger partial charge < -0.3 is 0 Å². The third kappa shape index (κ3) is 2.79. The van der Waals surface area contributed by atoms with E-state index in [9.17, 15) is 13.2 Å². The molecule has 0 atom stereocenters. The zero-order chi connectivity index (χ0) is 16.5. The average Bonchev–Trinajstić information content (AvgIpc) is 2.82. The van der Waals surface area contributed by atoms with Crippen molar-refractivity contribution in [3.63, 3.8) is 0 Å². The first kappa shape index (κ1) is 16.7. The van der Waals surface area contributed by atoms with Crippen molar-refractivity contribution in [2.45, 2.75) is 24.9 Å². The maximum Gasteiger partial charge on any atom is 0.436 e. The molecule has 0 aliphatic heterocycles. The molecule has 0 unspecified atom stereocenters. The molecule has 1 heterocycles. The predicted molar refractivity (Wildman–Crippen MR) is 77.1 cm³/mol. The van der Waals surface area contributed by atoms with E-state index < -0.39 is 17.4 Å². The van der Waals surface area contributed by atoms with E-state index in [0.717, 1.165) is 4.68 Å². The fourth-order valence-electron chi connectivity index (χ4n) is 2.18. The lowest BCUT2D eigenvalue weighted by atomic mass is 10.1. The topological polar surface area (TPSA) is 41.6 Å². The fraction of sp³-hybridized carbons (Fsp3) is 0.286. The molecule has 0 aliphatic rings. The van der Waals surface area contributed by atoms with Crippen LogP contribution >= 0.6 is 23.2 Å². The van der Waals surface area contributed by atoms with E-state index in [1.165, 1.54) is 6.92 Å². The summed E-state index contributed by atoms with van der Waals surface area (Å²) in [7, 11) is 0. The molecule has 0 fully saturated rings. The van der Waals surface area contributed by atoms with E-state index in [-0.39, 0.29) is 17.5 Å². The first-order valence-electron chi connectivity index (χ1n) is 6.15. The van der Waals surface area contributed by atoms with Crippen LogP contribution in [0.3, 0.4) is 0 Å². The molecule has 0 spiro atoms. The summed E-state index contributed by atoms with van der Waals surface area (Å²) >= 11 is 11.7. The smallest absolute Gasteiger partial charge is 0.235 e. The van der Waals surface area contributed by atoms with Gasteiger partial charge in [0.2, 0.25) is 0 Å². The quantitative estimate of drug-likeness (QED) is 0.764. The van der Waals surface area contributed by atoms with Crippen LogP contribution in [0.4, 0.5) is 13.2 Å². The number of para-hydroxylation sites is 1. The third-order valence-corrected chi connectivity index (χ3v) is 3.78. The minimum Gasteiger partial charge on any atom is -0.235 e. The van der Waals surface area contributed by atoms with Gasteiger partial charge in [0.05, 0.1) is 11.4 Å². The number of halogens is 5. The second kappa shape index (κ2) is 6.19. The number of hydrogen-bond donors (Lipinski definition) is 0. The van der Waals surface area contributed by atoms with Gasteiger partial charge in [0.15, 0.2) is 5.69 Å². The van der Waals surface area contributed by atoms with Crippen LogP contribution in [0, 0.1) is 18.3 Å². The molecule has 8 heteroatoms. The van der Waals surface area contributed by atoms with Gasteiger partial charge >= 0.3 is 6.18 Å². The molecule has 1 aromatic carbocycles. The summed E-state index contributed by atoms with van der Waals surface area (Å²) in [5.74, 6) is 0.172. The maximum absolute atomic E-state index is 13.0. The summed E-state index contributed by atoms with van der Waals surface area (Å²) in [6.45, 7) is 1.41. The predicted octanol–water partition coefficient (Wildman–Crippen LogP) is 4.55. The molecule has 1 aromatic heterocycles. The minimum absolute atomic E-state index is 0.0859. The van der Waals surface area contributed by atoms with E-state index in [0.29, 0.717) is 16.8 Å². The van der Waals surface area contributed by atoms with E-state index >= 15 is 0 Å². The lowest BCUT2D eigenvalue weighted by Gasteiger charge is -2.13. The Morgan fingerprint density at radius 1 is 1.23 bits per heavy atom. The molecular weight excluding hydrogens is 338 g/mol. The zero-order valence-electron chi connectivity index (χ0n) is 11.4. The van der Waals surface area contributed by atoms with E-state index in [2.05, 4.69) is 5.10 Å². The van der Waals surface area contributed by atoms with E-state index in [1.807, 2.05) is 0 Å². The van der Waals surface area contributed by atoms with Crippen molar-refractivity contribution in [1.29, 1.82) is 5.26 Å². The lowest BCUT2D eigenvalue weighted by molar-refractivity contribution is -0.141. The van der Waals surface area contributed by atoms with Crippen LogP contribution in [0.5, 0.6) is 0 Å². The Labute approximate surface area is 134 Å². The van der Waals surface area contributed by atoms with Crippen LogP contribution < -0.4 is 0 Å². The minimum atomic E-state index is -4.71. The largest absolute Gasteiger partial charge is 0.436 e. The number of hydrogen-bond acceptors (Lipinski definition) is 2. The molecule has 2 rings (SSSR count). The van der Waals surface area contributed by atoms with Gasteiger partial charge in [0, 0.05) is 11.8 Å². The van der Waals surface area contributed by atoms with E-state index in [4.69, 9.17) is 28.5 Å². The normalized spacial score (nSPS) is 11.5. The van der Waals surface area contributed by atoms with Gasteiger partial charge in [-0.1, -0.05) is 18.2 Å². The summed E-state index contributed by atoms with van der Waals surface area (Å²) in [5, 5.41) is 12.6. The van der Waals surface area contributed by atoms with Crippen molar-refractivity contribution < 1.29 is 13.2 Å². The van der Waals surface area contributed by atoms with E-state index in [1.54, 1.807) is 24.3 Å². The number of nitriles is 1. The van der Waals surface area contributed by atoms with Crippen molar-refractivity contribution in [2.24, 2.45) is 0 Å². The van der Waals surface area contributed by atoms with Crippen molar-refractivity contribution in [1.82, 2.24) is 9.78 Å². The standard InChI is InChI=1S/C14H10Cl2F3N3/c1-8-11(7-20)13(14(17,18)19)21-22(8)12-9(5-15)3-2-4-10(12)6-16/h2-4H,5-6H2,1H3. The molecule has 0 saturated carbocycles. The highest BCUT2D eigenvalue weighted by molar-refractivity contribution is 6.18. The highest BCUT2D eigenvalue weighted by Gasteiger charge is 2.39. The average molecular weight is 348 g/mol. The summed E-state index contributed by atoms with van der Waals surface area (Å²) < 4.78 is 40.2. The summed E-state index contributed by atoms with van der Waals surface area (Å²) in [4.78, 5) is 0. The highest BCUT2D eigenvalue weighted by atomic mass is 35.5. The fourth-order valence-corrected chi connectivity index (χ4v) is 2.62. The van der Waals surface area contributed by atoms with Gasteiger partial charge in [-0.3, -0.25) is 0 Å². The molecule has 0 N–H and O–H groups in total. The van der Waals surface area contributed by atoms with Gasteiger partial charge in [-0.15, -0.1) is 23.2 Å². The number of nitrogens with zero attached hydrogens (tertiary/aromatic N) is 3. The Morgan fingerprint density at radius 3 is 2.14 bits per heavy atom.